The van der Waals surface area contributed by atoms with Gasteiger partial charge < -0.3 is 5.32 Å². The van der Waals surface area contributed by atoms with Crippen LogP contribution in [0.3, 0.4) is 0 Å². The van der Waals surface area contributed by atoms with Crippen LogP contribution in [-0.4, -0.2) is 34.0 Å². The Hall–Kier alpha value is -1.78. The minimum Gasteiger partial charge on any atom is -0.309 e. The summed E-state index contributed by atoms with van der Waals surface area (Å²) in [6, 6.07) is 8.91. The van der Waals surface area contributed by atoms with Gasteiger partial charge in [0.1, 0.15) is 0 Å². The molecule has 2 aromatic rings. The number of nitrogens with zero attached hydrogens (tertiary/aromatic N) is 3. The molecule has 20 heavy (non-hydrogen) atoms. The highest BCUT2D eigenvalue weighted by molar-refractivity contribution is 5.11. The van der Waals surface area contributed by atoms with Crippen LogP contribution in [0.2, 0.25) is 0 Å². The largest absolute Gasteiger partial charge is 0.309 e. The van der Waals surface area contributed by atoms with Gasteiger partial charge in [-0.25, -0.2) is 0 Å². The molecule has 0 spiro atoms. The molecule has 0 saturated carbocycles. The fraction of sp³-hybridized carbons (Fsp3) is 0.375. The second kappa shape index (κ2) is 6.59. The number of pyridine rings is 2. The number of rotatable bonds is 5. The van der Waals surface area contributed by atoms with Crippen LogP contribution < -0.4 is 5.32 Å². The molecule has 1 fully saturated rings. The molecule has 1 aliphatic rings. The van der Waals surface area contributed by atoms with Crippen molar-refractivity contribution in [2.75, 3.05) is 13.1 Å². The van der Waals surface area contributed by atoms with Crippen molar-refractivity contribution in [2.24, 2.45) is 0 Å². The highest BCUT2D eigenvalue weighted by Gasteiger charge is 2.21. The maximum absolute atomic E-state index is 4.06. The molecular formula is C16H20N4. The van der Waals surface area contributed by atoms with Crippen molar-refractivity contribution in [3.05, 3.63) is 60.2 Å². The first-order valence-electron chi connectivity index (χ1n) is 7.14. The van der Waals surface area contributed by atoms with Gasteiger partial charge in [-0.05, 0) is 41.8 Å². The van der Waals surface area contributed by atoms with Gasteiger partial charge in [-0.15, -0.1) is 0 Å². The summed E-state index contributed by atoms with van der Waals surface area (Å²) >= 11 is 0. The number of hydrogen-bond donors (Lipinski definition) is 1. The quantitative estimate of drug-likeness (QED) is 0.898. The smallest absolute Gasteiger partial charge is 0.0271 e. The zero-order valence-corrected chi connectivity index (χ0v) is 11.6. The SMILES string of the molecule is c1cc(CNC2CCN(Cc3ccncc3)C2)ccn1. The standard InChI is InChI=1S/C16H20N4/c1-6-17-7-2-14(1)11-19-16-5-10-20(13-16)12-15-3-8-18-9-4-15/h1-4,6-9,16,19H,5,10-13H2. The molecule has 4 heteroatoms. The van der Waals surface area contributed by atoms with E-state index < -0.39 is 0 Å². The lowest BCUT2D eigenvalue weighted by Gasteiger charge is -2.16. The molecule has 1 unspecified atom stereocenters. The molecule has 0 radical (unpaired) electrons. The molecule has 1 aliphatic heterocycles. The lowest BCUT2D eigenvalue weighted by molar-refractivity contribution is 0.320. The van der Waals surface area contributed by atoms with E-state index in [0.717, 1.165) is 26.2 Å². The summed E-state index contributed by atoms with van der Waals surface area (Å²) in [5, 5.41) is 3.63. The van der Waals surface area contributed by atoms with Crippen molar-refractivity contribution < 1.29 is 0 Å². The first-order valence-corrected chi connectivity index (χ1v) is 7.14. The van der Waals surface area contributed by atoms with E-state index in [1.807, 2.05) is 24.8 Å². The van der Waals surface area contributed by atoms with Gasteiger partial charge in [0, 0.05) is 57.0 Å². The van der Waals surface area contributed by atoms with Gasteiger partial charge in [0.2, 0.25) is 0 Å². The van der Waals surface area contributed by atoms with E-state index in [0.29, 0.717) is 6.04 Å². The number of hydrogen-bond acceptors (Lipinski definition) is 4. The van der Waals surface area contributed by atoms with Crippen molar-refractivity contribution in [2.45, 2.75) is 25.6 Å². The van der Waals surface area contributed by atoms with Crippen molar-refractivity contribution >= 4 is 0 Å². The second-order valence-electron chi connectivity index (χ2n) is 5.31. The van der Waals surface area contributed by atoms with Gasteiger partial charge >= 0.3 is 0 Å². The van der Waals surface area contributed by atoms with E-state index >= 15 is 0 Å². The predicted octanol–water partition coefficient (Wildman–Crippen LogP) is 1.84. The summed E-state index contributed by atoms with van der Waals surface area (Å²) < 4.78 is 0. The highest BCUT2D eigenvalue weighted by Crippen LogP contribution is 2.13. The molecule has 0 aromatic carbocycles. The molecular weight excluding hydrogens is 248 g/mol. The van der Waals surface area contributed by atoms with E-state index in [1.165, 1.54) is 17.5 Å². The summed E-state index contributed by atoms with van der Waals surface area (Å²) in [5.74, 6) is 0. The second-order valence-corrected chi connectivity index (χ2v) is 5.31. The van der Waals surface area contributed by atoms with Gasteiger partial charge in [0.05, 0.1) is 0 Å². The number of nitrogens with one attached hydrogen (secondary N) is 1. The van der Waals surface area contributed by atoms with Gasteiger partial charge in [-0.1, -0.05) is 0 Å². The maximum atomic E-state index is 4.06. The molecule has 104 valence electrons. The van der Waals surface area contributed by atoms with E-state index in [1.54, 1.807) is 0 Å². The average molecular weight is 268 g/mol. The molecule has 3 heterocycles. The molecule has 0 bridgehead atoms. The molecule has 2 aromatic heterocycles. The average Bonchev–Trinajstić information content (AvgIpc) is 2.95. The summed E-state index contributed by atoms with van der Waals surface area (Å²) in [6.45, 7) is 4.23. The van der Waals surface area contributed by atoms with Crippen LogP contribution in [0.1, 0.15) is 17.5 Å². The molecule has 3 rings (SSSR count). The number of likely N-dealkylation sites (tertiary alicyclic amines) is 1. The third-order valence-electron chi connectivity index (χ3n) is 3.77. The van der Waals surface area contributed by atoms with Crippen LogP contribution in [0.4, 0.5) is 0 Å². The Morgan fingerprint density at radius 1 is 1.00 bits per heavy atom. The van der Waals surface area contributed by atoms with Crippen LogP contribution in [0, 0.1) is 0 Å². The lowest BCUT2D eigenvalue weighted by Crippen LogP contribution is -2.31. The third kappa shape index (κ3) is 3.62. The van der Waals surface area contributed by atoms with Gasteiger partial charge in [0.15, 0.2) is 0 Å². The van der Waals surface area contributed by atoms with Crippen LogP contribution in [0.25, 0.3) is 0 Å². The van der Waals surface area contributed by atoms with Crippen LogP contribution in [0.15, 0.2) is 49.1 Å². The Morgan fingerprint density at radius 3 is 2.35 bits per heavy atom. The maximum Gasteiger partial charge on any atom is 0.0271 e. The first-order chi connectivity index (χ1) is 9.90. The normalized spacial score (nSPS) is 19.3. The Labute approximate surface area is 119 Å². The molecule has 4 nitrogen and oxygen atoms in total. The van der Waals surface area contributed by atoms with Crippen molar-refractivity contribution in [3.8, 4) is 0 Å². The van der Waals surface area contributed by atoms with E-state index in [2.05, 4.69) is 44.5 Å². The Balaban J connectivity index is 1.45. The Kier molecular flexibility index (Phi) is 4.35. The van der Waals surface area contributed by atoms with Crippen molar-refractivity contribution in [3.63, 3.8) is 0 Å². The third-order valence-corrected chi connectivity index (χ3v) is 3.77. The van der Waals surface area contributed by atoms with E-state index in [-0.39, 0.29) is 0 Å². The van der Waals surface area contributed by atoms with Gasteiger partial charge in [-0.3, -0.25) is 14.9 Å². The Morgan fingerprint density at radius 2 is 1.65 bits per heavy atom. The first kappa shape index (κ1) is 13.2. The fourth-order valence-corrected chi connectivity index (χ4v) is 2.65. The lowest BCUT2D eigenvalue weighted by atomic mass is 10.2. The zero-order chi connectivity index (χ0) is 13.6. The minimum absolute atomic E-state index is 0.588. The summed E-state index contributed by atoms with van der Waals surface area (Å²) in [5.41, 5.74) is 2.64. The van der Waals surface area contributed by atoms with Crippen molar-refractivity contribution in [1.29, 1.82) is 0 Å². The topological polar surface area (TPSA) is 41.0 Å². The minimum atomic E-state index is 0.588. The zero-order valence-electron chi connectivity index (χ0n) is 11.6. The number of aromatic nitrogens is 2. The van der Waals surface area contributed by atoms with E-state index in [4.69, 9.17) is 0 Å². The Bertz CT molecular complexity index is 515. The van der Waals surface area contributed by atoms with Crippen LogP contribution in [-0.2, 0) is 13.1 Å². The molecule has 0 aliphatic carbocycles. The molecule has 1 atom stereocenters. The fourth-order valence-electron chi connectivity index (χ4n) is 2.65. The van der Waals surface area contributed by atoms with E-state index in [9.17, 15) is 0 Å². The monoisotopic (exact) mass is 268 g/mol. The van der Waals surface area contributed by atoms with Crippen LogP contribution in [0.5, 0.6) is 0 Å². The summed E-state index contributed by atoms with van der Waals surface area (Å²) in [6.07, 6.45) is 8.65. The molecule has 1 N–H and O–H groups in total. The van der Waals surface area contributed by atoms with Crippen molar-refractivity contribution in [1.82, 2.24) is 20.2 Å². The summed E-state index contributed by atoms with van der Waals surface area (Å²) in [4.78, 5) is 10.6. The summed E-state index contributed by atoms with van der Waals surface area (Å²) in [7, 11) is 0. The van der Waals surface area contributed by atoms with Gasteiger partial charge in [-0.2, -0.15) is 0 Å². The van der Waals surface area contributed by atoms with Gasteiger partial charge in [0.25, 0.3) is 0 Å². The predicted molar refractivity (Wildman–Crippen MR) is 79.0 cm³/mol. The molecule has 1 saturated heterocycles. The molecule has 0 amide bonds. The highest BCUT2D eigenvalue weighted by atomic mass is 15.2. The van der Waals surface area contributed by atoms with Crippen LogP contribution >= 0.6 is 0 Å².